The summed E-state index contributed by atoms with van der Waals surface area (Å²) in [4.78, 5) is 13.8. The van der Waals surface area contributed by atoms with Gasteiger partial charge in [-0.15, -0.1) is 0 Å². The maximum atomic E-state index is 12.0. The average Bonchev–Trinajstić information content (AvgIpc) is 2.91. The zero-order valence-electron chi connectivity index (χ0n) is 11.1. The molecule has 2 rings (SSSR count). The number of hydrogen-bond acceptors (Lipinski definition) is 3. The van der Waals surface area contributed by atoms with Crippen molar-refractivity contribution >= 4 is 6.09 Å². The summed E-state index contributed by atoms with van der Waals surface area (Å²) >= 11 is 0. The van der Waals surface area contributed by atoms with Crippen LogP contribution in [0.5, 0.6) is 0 Å². The Morgan fingerprint density at radius 1 is 1.41 bits per heavy atom. The van der Waals surface area contributed by atoms with Gasteiger partial charge in [0.2, 0.25) is 0 Å². The zero-order chi connectivity index (χ0) is 12.6. The zero-order valence-corrected chi connectivity index (χ0v) is 11.1. The second kappa shape index (κ2) is 4.48. The van der Waals surface area contributed by atoms with Crippen LogP contribution in [0.2, 0.25) is 0 Å². The van der Waals surface area contributed by atoms with E-state index < -0.39 is 5.60 Å². The number of hydrogen-bond donors (Lipinski definition) is 1. The number of likely N-dealkylation sites (tertiary alicyclic amines) is 1. The standard InChI is InChI=1S/C13H24N2O2/c1-13(2,3)17-12(16)15-7-6-11(15)10(8-14)9-4-5-9/h9-11H,4-8,14H2,1-3H3. The Kier molecular flexibility index (Phi) is 3.34. The average molecular weight is 240 g/mol. The quantitative estimate of drug-likeness (QED) is 0.820. The predicted molar refractivity (Wildman–Crippen MR) is 66.6 cm³/mol. The summed E-state index contributed by atoms with van der Waals surface area (Å²) in [5, 5.41) is 0. The van der Waals surface area contributed by atoms with Gasteiger partial charge >= 0.3 is 6.09 Å². The highest BCUT2D eigenvalue weighted by molar-refractivity contribution is 5.69. The number of ether oxygens (including phenoxy) is 1. The van der Waals surface area contributed by atoms with Crippen molar-refractivity contribution < 1.29 is 9.53 Å². The fraction of sp³-hybridized carbons (Fsp3) is 0.923. The van der Waals surface area contributed by atoms with Crippen LogP contribution < -0.4 is 5.73 Å². The van der Waals surface area contributed by atoms with Gasteiger partial charge in [0.05, 0.1) is 0 Å². The van der Waals surface area contributed by atoms with E-state index in [9.17, 15) is 4.79 Å². The summed E-state index contributed by atoms with van der Waals surface area (Å²) in [6.45, 7) is 7.22. The van der Waals surface area contributed by atoms with Crippen molar-refractivity contribution in [1.29, 1.82) is 0 Å². The highest BCUT2D eigenvalue weighted by Gasteiger charge is 2.45. The lowest BCUT2D eigenvalue weighted by atomic mass is 9.86. The van der Waals surface area contributed by atoms with Crippen molar-refractivity contribution in [3.05, 3.63) is 0 Å². The van der Waals surface area contributed by atoms with E-state index in [4.69, 9.17) is 10.5 Å². The van der Waals surface area contributed by atoms with Gasteiger partial charge in [0, 0.05) is 12.6 Å². The smallest absolute Gasteiger partial charge is 0.410 e. The Hall–Kier alpha value is -0.770. The minimum atomic E-state index is -0.408. The van der Waals surface area contributed by atoms with Crippen LogP contribution in [-0.4, -0.2) is 35.7 Å². The van der Waals surface area contributed by atoms with Crippen LogP contribution in [0.25, 0.3) is 0 Å². The molecule has 2 aliphatic rings. The summed E-state index contributed by atoms with van der Waals surface area (Å²) < 4.78 is 5.41. The van der Waals surface area contributed by atoms with Crippen molar-refractivity contribution in [2.24, 2.45) is 17.6 Å². The molecule has 0 aromatic rings. The molecule has 2 N–H and O–H groups in total. The highest BCUT2D eigenvalue weighted by atomic mass is 16.6. The van der Waals surface area contributed by atoms with Crippen molar-refractivity contribution in [2.45, 2.75) is 51.7 Å². The normalized spacial score (nSPS) is 26.4. The van der Waals surface area contributed by atoms with E-state index >= 15 is 0 Å². The van der Waals surface area contributed by atoms with E-state index in [1.165, 1.54) is 12.8 Å². The SMILES string of the molecule is CC(C)(C)OC(=O)N1CCC1C(CN)C1CC1. The van der Waals surface area contributed by atoms with Crippen LogP contribution in [0.15, 0.2) is 0 Å². The Morgan fingerprint density at radius 2 is 2.06 bits per heavy atom. The van der Waals surface area contributed by atoms with Gasteiger partial charge in [-0.3, -0.25) is 0 Å². The van der Waals surface area contributed by atoms with E-state index in [2.05, 4.69) is 0 Å². The summed E-state index contributed by atoms with van der Waals surface area (Å²) in [6.07, 6.45) is 3.46. The first-order chi connectivity index (χ1) is 7.92. The minimum absolute atomic E-state index is 0.173. The number of amides is 1. The van der Waals surface area contributed by atoms with Gasteiger partial charge in [-0.25, -0.2) is 4.79 Å². The number of nitrogens with zero attached hydrogens (tertiary/aromatic N) is 1. The monoisotopic (exact) mass is 240 g/mol. The van der Waals surface area contributed by atoms with Gasteiger partial charge in [0.25, 0.3) is 0 Å². The third kappa shape index (κ3) is 2.92. The summed E-state index contributed by atoms with van der Waals surface area (Å²) in [5.74, 6) is 1.23. The minimum Gasteiger partial charge on any atom is -0.444 e. The van der Waals surface area contributed by atoms with Gasteiger partial charge in [-0.2, -0.15) is 0 Å². The van der Waals surface area contributed by atoms with Crippen LogP contribution >= 0.6 is 0 Å². The molecule has 0 aromatic heterocycles. The maximum absolute atomic E-state index is 12.0. The molecular weight excluding hydrogens is 216 g/mol. The van der Waals surface area contributed by atoms with Crippen molar-refractivity contribution in [3.8, 4) is 0 Å². The van der Waals surface area contributed by atoms with E-state index in [0.29, 0.717) is 18.5 Å². The lowest BCUT2D eigenvalue weighted by molar-refractivity contribution is -0.0193. The van der Waals surface area contributed by atoms with Gasteiger partial charge < -0.3 is 15.4 Å². The fourth-order valence-electron chi connectivity index (χ4n) is 2.59. The third-order valence-electron chi connectivity index (χ3n) is 3.69. The van der Waals surface area contributed by atoms with E-state index in [-0.39, 0.29) is 6.09 Å². The van der Waals surface area contributed by atoms with Crippen molar-refractivity contribution in [2.75, 3.05) is 13.1 Å². The van der Waals surface area contributed by atoms with Crippen molar-refractivity contribution in [3.63, 3.8) is 0 Å². The molecule has 2 atom stereocenters. The topological polar surface area (TPSA) is 55.6 Å². The Balaban J connectivity index is 1.91. The molecule has 1 saturated carbocycles. The highest BCUT2D eigenvalue weighted by Crippen LogP contribution is 2.42. The molecule has 1 amide bonds. The van der Waals surface area contributed by atoms with Gasteiger partial charge in [0.15, 0.2) is 0 Å². The lowest BCUT2D eigenvalue weighted by Gasteiger charge is -2.45. The molecule has 2 unspecified atom stereocenters. The molecule has 1 saturated heterocycles. The molecule has 1 aliphatic carbocycles. The second-order valence-corrected chi connectivity index (χ2v) is 6.27. The number of carbonyl (C=O) groups excluding carboxylic acids is 1. The van der Waals surface area contributed by atoms with Crippen LogP contribution in [0.3, 0.4) is 0 Å². The first kappa shape index (κ1) is 12.7. The summed E-state index contributed by atoms with van der Waals surface area (Å²) in [7, 11) is 0. The molecular formula is C13H24N2O2. The largest absolute Gasteiger partial charge is 0.444 e. The van der Waals surface area contributed by atoms with Crippen molar-refractivity contribution in [1.82, 2.24) is 4.90 Å². The van der Waals surface area contributed by atoms with Gasteiger partial charge in [0.1, 0.15) is 5.60 Å². The molecule has 0 bridgehead atoms. The molecule has 0 aromatic carbocycles. The molecule has 17 heavy (non-hydrogen) atoms. The van der Waals surface area contributed by atoms with Crippen LogP contribution in [0, 0.1) is 11.8 Å². The Morgan fingerprint density at radius 3 is 2.41 bits per heavy atom. The van der Waals surface area contributed by atoms with E-state index in [1.54, 1.807) is 0 Å². The van der Waals surface area contributed by atoms with E-state index in [0.717, 1.165) is 18.9 Å². The molecule has 4 heteroatoms. The Bertz CT molecular complexity index is 294. The number of carbonyl (C=O) groups is 1. The van der Waals surface area contributed by atoms with Crippen LogP contribution in [0.1, 0.15) is 40.0 Å². The molecule has 1 heterocycles. The number of rotatable bonds is 3. The van der Waals surface area contributed by atoms with Crippen LogP contribution in [0.4, 0.5) is 4.79 Å². The molecule has 0 spiro atoms. The molecule has 1 aliphatic heterocycles. The molecule has 98 valence electrons. The Labute approximate surface area is 103 Å². The molecule has 2 fully saturated rings. The summed E-state index contributed by atoms with van der Waals surface area (Å²) in [5.41, 5.74) is 5.43. The summed E-state index contributed by atoms with van der Waals surface area (Å²) in [6, 6.07) is 0.322. The molecule has 4 nitrogen and oxygen atoms in total. The lowest BCUT2D eigenvalue weighted by Crippen LogP contribution is -2.57. The maximum Gasteiger partial charge on any atom is 0.410 e. The van der Waals surface area contributed by atoms with E-state index in [1.807, 2.05) is 25.7 Å². The first-order valence-corrected chi connectivity index (χ1v) is 6.62. The molecule has 0 radical (unpaired) electrons. The van der Waals surface area contributed by atoms with Crippen LogP contribution in [-0.2, 0) is 4.74 Å². The predicted octanol–water partition coefficient (Wildman–Crippen LogP) is 1.98. The fourth-order valence-corrected chi connectivity index (χ4v) is 2.59. The van der Waals surface area contributed by atoms with Gasteiger partial charge in [-0.1, -0.05) is 0 Å². The second-order valence-electron chi connectivity index (χ2n) is 6.27. The van der Waals surface area contributed by atoms with Gasteiger partial charge in [-0.05, 0) is 58.4 Å². The third-order valence-corrected chi connectivity index (χ3v) is 3.69. The first-order valence-electron chi connectivity index (χ1n) is 6.62. The number of nitrogens with two attached hydrogens (primary N) is 1.